The van der Waals surface area contributed by atoms with Gasteiger partial charge in [-0.25, -0.2) is 0 Å². The first-order valence-corrected chi connectivity index (χ1v) is 13.1. The highest BCUT2D eigenvalue weighted by molar-refractivity contribution is 5.82. The van der Waals surface area contributed by atoms with Gasteiger partial charge < -0.3 is 9.47 Å². The lowest BCUT2D eigenvalue weighted by molar-refractivity contribution is -0.163. The predicted octanol–water partition coefficient (Wildman–Crippen LogP) is 6.99. The van der Waals surface area contributed by atoms with E-state index in [-0.39, 0.29) is 23.8 Å². The maximum absolute atomic E-state index is 12.7. The third-order valence-electron chi connectivity index (χ3n) is 7.05. The fourth-order valence-corrected chi connectivity index (χ4v) is 5.05. The molecule has 0 radical (unpaired) electrons. The van der Waals surface area contributed by atoms with Crippen molar-refractivity contribution in [1.82, 2.24) is 0 Å². The van der Waals surface area contributed by atoms with E-state index in [0.29, 0.717) is 19.1 Å². The Hall–Kier alpha value is -1.06. The molecular weight excluding hydrogens is 376 g/mol. The Balaban J connectivity index is 1.59. The quantitative estimate of drug-likeness (QED) is 0.223. The molecule has 2 atom stereocenters. The highest BCUT2D eigenvalue weighted by Crippen LogP contribution is 2.33. The Bertz CT molecular complexity index is 470. The van der Waals surface area contributed by atoms with Gasteiger partial charge in [-0.1, -0.05) is 90.4 Å². The highest BCUT2D eigenvalue weighted by atomic mass is 16.5. The Labute approximate surface area is 184 Å². The molecule has 2 unspecified atom stereocenters. The van der Waals surface area contributed by atoms with E-state index in [4.69, 9.17) is 9.47 Å². The molecular formula is C26H46O4. The summed E-state index contributed by atoms with van der Waals surface area (Å²) in [7, 11) is 0. The van der Waals surface area contributed by atoms with Gasteiger partial charge in [-0.3, -0.25) is 9.59 Å². The molecule has 2 aliphatic carbocycles. The standard InChI is InChI=1S/C26H46O4/c1-2-3-4-5-6-7-8-9-15-20-29-25(27)23-18-13-14-19-24(23)26(28)30-21-22-16-11-10-12-17-22/h22-24H,2-21H2,1H3. The van der Waals surface area contributed by atoms with Crippen molar-refractivity contribution in [3.63, 3.8) is 0 Å². The van der Waals surface area contributed by atoms with E-state index in [2.05, 4.69) is 6.92 Å². The van der Waals surface area contributed by atoms with Gasteiger partial charge in [0.05, 0.1) is 25.0 Å². The summed E-state index contributed by atoms with van der Waals surface area (Å²) < 4.78 is 11.2. The Kier molecular flexibility index (Phi) is 13.2. The van der Waals surface area contributed by atoms with Crippen molar-refractivity contribution in [3.05, 3.63) is 0 Å². The van der Waals surface area contributed by atoms with Gasteiger partial charge in [-0.05, 0) is 38.0 Å². The lowest BCUT2D eigenvalue weighted by Crippen LogP contribution is -2.35. The number of carbonyl (C=O) groups is 2. The summed E-state index contributed by atoms with van der Waals surface area (Å²) in [6.07, 6.45) is 20.9. The number of hydrogen-bond acceptors (Lipinski definition) is 4. The molecule has 0 N–H and O–H groups in total. The maximum Gasteiger partial charge on any atom is 0.309 e. The summed E-state index contributed by atoms with van der Waals surface area (Å²) in [6, 6.07) is 0. The minimum absolute atomic E-state index is 0.162. The molecule has 0 aromatic carbocycles. The van der Waals surface area contributed by atoms with Crippen LogP contribution in [0.4, 0.5) is 0 Å². The molecule has 0 aromatic rings. The number of rotatable bonds is 14. The number of unbranched alkanes of at least 4 members (excludes halogenated alkanes) is 8. The highest BCUT2D eigenvalue weighted by Gasteiger charge is 2.38. The first-order chi connectivity index (χ1) is 14.7. The van der Waals surface area contributed by atoms with Crippen molar-refractivity contribution in [2.75, 3.05) is 13.2 Å². The van der Waals surface area contributed by atoms with Gasteiger partial charge >= 0.3 is 11.9 Å². The zero-order valence-electron chi connectivity index (χ0n) is 19.5. The zero-order valence-corrected chi connectivity index (χ0v) is 19.5. The molecule has 0 heterocycles. The SMILES string of the molecule is CCCCCCCCCCCOC(=O)C1CCCCC1C(=O)OCC1CCCCC1. The second-order valence-electron chi connectivity index (χ2n) is 9.63. The summed E-state index contributed by atoms with van der Waals surface area (Å²) in [5, 5.41) is 0. The summed E-state index contributed by atoms with van der Waals surface area (Å²) in [6.45, 7) is 3.28. The maximum atomic E-state index is 12.7. The molecule has 0 amide bonds. The Morgan fingerprint density at radius 2 is 1.13 bits per heavy atom. The first kappa shape index (κ1) is 25.2. The molecule has 30 heavy (non-hydrogen) atoms. The average Bonchev–Trinajstić information content (AvgIpc) is 2.79. The van der Waals surface area contributed by atoms with E-state index >= 15 is 0 Å². The minimum Gasteiger partial charge on any atom is -0.465 e. The third kappa shape index (κ3) is 9.83. The van der Waals surface area contributed by atoms with Crippen LogP contribution in [0.3, 0.4) is 0 Å². The van der Waals surface area contributed by atoms with Crippen molar-refractivity contribution in [1.29, 1.82) is 0 Å². The minimum atomic E-state index is -0.295. The van der Waals surface area contributed by atoms with Crippen LogP contribution in [0.15, 0.2) is 0 Å². The van der Waals surface area contributed by atoms with Crippen LogP contribution in [0.2, 0.25) is 0 Å². The molecule has 2 saturated carbocycles. The lowest BCUT2D eigenvalue weighted by Gasteiger charge is -2.29. The number of carbonyl (C=O) groups excluding carboxylic acids is 2. The van der Waals surface area contributed by atoms with E-state index in [1.54, 1.807) is 0 Å². The predicted molar refractivity (Wildman–Crippen MR) is 121 cm³/mol. The number of esters is 2. The van der Waals surface area contributed by atoms with Crippen LogP contribution in [-0.4, -0.2) is 25.2 Å². The van der Waals surface area contributed by atoms with Crippen LogP contribution in [0.25, 0.3) is 0 Å². The number of ether oxygens (including phenoxy) is 2. The van der Waals surface area contributed by atoms with E-state index in [1.807, 2.05) is 0 Å². The second-order valence-corrected chi connectivity index (χ2v) is 9.63. The van der Waals surface area contributed by atoms with Crippen molar-refractivity contribution in [2.24, 2.45) is 17.8 Å². The van der Waals surface area contributed by atoms with Gasteiger partial charge in [0, 0.05) is 0 Å². The smallest absolute Gasteiger partial charge is 0.309 e. The van der Waals surface area contributed by atoms with Gasteiger partial charge in [0.25, 0.3) is 0 Å². The van der Waals surface area contributed by atoms with Crippen LogP contribution in [0.1, 0.15) is 122 Å². The molecule has 0 aliphatic heterocycles. The average molecular weight is 423 g/mol. The van der Waals surface area contributed by atoms with Crippen molar-refractivity contribution < 1.29 is 19.1 Å². The first-order valence-electron chi connectivity index (χ1n) is 13.1. The Morgan fingerprint density at radius 3 is 1.73 bits per heavy atom. The van der Waals surface area contributed by atoms with E-state index in [1.165, 1.54) is 77.0 Å². The Morgan fingerprint density at radius 1 is 0.633 bits per heavy atom. The van der Waals surface area contributed by atoms with Crippen LogP contribution in [0, 0.1) is 17.8 Å². The molecule has 2 aliphatic rings. The van der Waals surface area contributed by atoms with Gasteiger partial charge in [0.15, 0.2) is 0 Å². The van der Waals surface area contributed by atoms with Crippen LogP contribution >= 0.6 is 0 Å². The fourth-order valence-electron chi connectivity index (χ4n) is 5.05. The van der Waals surface area contributed by atoms with Crippen molar-refractivity contribution >= 4 is 11.9 Å². The molecule has 0 bridgehead atoms. The molecule has 0 aromatic heterocycles. The normalized spacial score (nSPS) is 22.6. The van der Waals surface area contributed by atoms with Gasteiger partial charge in [-0.15, -0.1) is 0 Å². The second kappa shape index (κ2) is 15.7. The lowest BCUT2D eigenvalue weighted by atomic mass is 9.79. The van der Waals surface area contributed by atoms with Crippen LogP contribution < -0.4 is 0 Å². The summed E-state index contributed by atoms with van der Waals surface area (Å²) in [5.74, 6) is -0.406. The summed E-state index contributed by atoms with van der Waals surface area (Å²) in [4.78, 5) is 25.3. The van der Waals surface area contributed by atoms with Gasteiger partial charge in [-0.2, -0.15) is 0 Å². The summed E-state index contributed by atoms with van der Waals surface area (Å²) in [5.41, 5.74) is 0. The van der Waals surface area contributed by atoms with Gasteiger partial charge in [0.1, 0.15) is 0 Å². The van der Waals surface area contributed by atoms with E-state index in [9.17, 15) is 9.59 Å². The summed E-state index contributed by atoms with van der Waals surface area (Å²) >= 11 is 0. The molecule has 4 heteroatoms. The molecule has 0 spiro atoms. The molecule has 174 valence electrons. The van der Waals surface area contributed by atoms with Gasteiger partial charge in [0.2, 0.25) is 0 Å². The van der Waals surface area contributed by atoms with Crippen LogP contribution in [0.5, 0.6) is 0 Å². The zero-order chi connectivity index (χ0) is 21.4. The number of hydrogen-bond donors (Lipinski definition) is 0. The van der Waals surface area contributed by atoms with Crippen molar-refractivity contribution in [2.45, 2.75) is 122 Å². The third-order valence-corrected chi connectivity index (χ3v) is 7.05. The largest absolute Gasteiger partial charge is 0.465 e. The molecule has 2 rings (SSSR count). The topological polar surface area (TPSA) is 52.6 Å². The monoisotopic (exact) mass is 422 g/mol. The molecule has 2 fully saturated rings. The van der Waals surface area contributed by atoms with E-state index < -0.39 is 0 Å². The fraction of sp³-hybridized carbons (Fsp3) is 0.923. The molecule has 0 saturated heterocycles. The van der Waals surface area contributed by atoms with Crippen molar-refractivity contribution in [3.8, 4) is 0 Å². The van der Waals surface area contributed by atoms with E-state index in [0.717, 1.165) is 38.5 Å². The molecule has 4 nitrogen and oxygen atoms in total. The van der Waals surface area contributed by atoms with Crippen LogP contribution in [-0.2, 0) is 19.1 Å².